The third-order valence-electron chi connectivity index (χ3n) is 5.22. The maximum atomic E-state index is 12.4. The summed E-state index contributed by atoms with van der Waals surface area (Å²) in [5.41, 5.74) is 8.74. The van der Waals surface area contributed by atoms with E-state index in [1.54, 1.807) is 49.0 Å². The molecule has 9 heteroatoms. The van der Waals surface area contributed by atoms with E-state index in [-0.39, 0.29) is 18.9 Å². The van der Waals surface area contributed by atoms with Crippen molar-refractivity contribution in [2.75, 3.05) is 6.61 Å². The fraction of sp³-hybridized carbons (Fsp3) is 0.167. The second-order valence-electron chi connectivity index (χ2n) is 7.36. The first-order chi connectivity index (χ1) is 16.0. The van der Waals surface area contributed by atoms with Gasteiger partial charge in [0.05, 0.1) is 30.6 Å². The molecule has 2 aromatic carbocycles. The van der Waals surface area contributed by atoms with Gasteiger partial charge in [0.1, 0.15) is 5.56 Å². The lowest BCUT2D eigenvalue weighted by Crippen LogP contribution is -2.42. The number of para-hydroxylation sites is 1. The molecule has 0 radical (unpaired) electrons. The number of ether oxygens (including phenoxy) is 1. The Kier molecular flexibility index (Phi) is 6.21. The number of hydrazine groups is 1. The van der Waals surface area contributed by atoms with Gasteiger partial charge in [-0.1, -0.05) is 18.2 Å². The fourth-order valence-corrected chi connectivity index (χ4v) is 3.53. The van der Waals surface area contributed by atoms with Gasteiger partial charge in [0.25, 0.3) is 5.91 Å². The van der Waals surface area contributed by atoms with E-state index >= 15 is 0 Å². The van der Waals surface area contributed by atoms with E-state index in [2.05, 4.69) is 20.9 Å². The number of carbonyl (C=O) groups excluding carboxylic acids is 3. The standard InChI is InChI=1S/C24H23N5O4/c1-3-33-24(32)20-14-26-29(15(20)2)18-10-8-16(9-11-18)23(31)28-27-22(30)12-17-13-25-21-7-5-4-6-19(17)21/h4-11,13-14,25H,3,12H2,1-2H3,(H,27,30)(H,28,31). The Morgan fingerprint density at radius 1 is 1.06 bits per heavy atom. The van der Waals surface area contributed by atoms with Crippen molar-refractivity contribution in [3.63, 3.8) is 0 Å². The highest BCUT2D eigenvalue weighted by Crippen LogP contribution is 2.18. The first-order valence-corrected chi connectivity index (χ1v) is 10.4. The number of carbonyl (C=O) groups is 3. The third-order valence-corrected chi connectivity index (χ3v) is 5.22. The van der Waals surface area contributed by atoms with Crippen molar-refractivity contribution in [2.45, 2.75) is 20.3 Å². The largest absolute Gasteiger partial charge is 0.462 e. The lowest BCUT2D eigenvalue weighted by atomic mass is 10.1. The Morgan fingerprint density at radius 3 is 2.58 bits per heavy atom. The zero-order chi connectivity index (χ0) is 23.4. The molecule has 168 valence electrons. The van der Waals surface area contributed by atoms with Gasteiger partial charge in [0, 0.05) is 22.7 Å². The number of H-pyrrole nitrogens is 1. The number of hydrogen-bond donors (Lipinski definition) is 3. The second kappa shape index (κ2) is 9.39. The summed E-state index contributed by atoms with van der Waals surface area (Å²) in [5, 5.41) is 5.20. The van der Waals surface area contributed by atoms with Crippen LogP contribution in [0.25, 0.3) is 16.6 Å². The SMILES string of the molecule is CCOC(=O)c1cnn(-c2ccc(C(=O)NNC(=O)Cc3c[nH]c4ccccc34)cc2)c1C. The third kappa shape index (κ3) is 4.62. The lowest BCUT2D eigenvalue weighted by molar-refractivity contribution is -0.121. The fourth-order valence-electron chi connectivity index (χ4n) is 3.53. The molecule has 0 fully saturated rings. The molecule has 9 nitrogen and oxygen atoms in total. The molecule has 33 heavy (non-hydrogen) atoms. The highest BCUT2D eigenvalue weighted by Gasteiger charge is 2.16. The predicted octanol–water partition coefficient (Wildman–Crippen LogP) is 2.84. The molecule has 2 amide bonds. The monoisotopic (exact) mass is 445 g/mol. The molecular formula is C24H23N5O4. The Morgan fingerprint density at radius 2 is 1.82 bits per heavy atom. The highest BCUT2D eigenvalue weighted by molar-refractivity contribution is 5.96. The van der Waals surface area contributed by atoms with Crippen LogP contribution in [0.5, 0.6) is 0 Å². The molecular weight excluding hydrogens is 422 g/mol. The van der Waals surface area contributed by atoms with Gasteiger partial charge in [-0.2, -0.15) is 5.10 Å². The van der Waals surface area contributed by atoms with Crippen LogP contribution in [0, 0.1) is 6.92 Å². The van der Waals surface area contributed by atoms with Crippen molar-refractivity contribution in [3.8, 4) is 5.69 Å². The van der Waals surface area contributed by atoms with E-state index in [1.165, 1.54) is 6.20 Å². The average molecular weight is 445 g/mol. The molecule has 0 saturated carbocycles. The van der Waals surface area contributed by atoms with Crippen LogP contribution in [0.3, 0.4) is 0 Å². The van der Waals surface area contributed by atoms with Crippen LogP contribution in [-0.4, -0.2) is 39.2 Å². The zero-order valence-corrected chi connectivity index (χ0v) is 18.2. The maximum absolute atomic E-state index is 12.4. The minimum atomic E-state index is -0.446. The number of esters is 1. The molecule has 0 aliphatic rings. The van der Waals surface area contributed by atoms with Crippen molar-refractivity contribution in [1.29, 1.82) is 0 Å². The number of benzene rings is 2. The average Bonchev–Trinajstić information content (AvgIpc) is 3.41. The van der Waals surface area contributed by atoms with E-state index < -0.39 is 11.9 Å². The summed E-state index contributed by atoms with van der Waals surface area (Å²) in [4.78, 5) is 39.8. The number of aromatic nitrogens is 3. The number of nitrogens with one attached hydrogen (secondary N) is 3. The summed E-state index contributed by atoms with van der Waals surface area (Å²) >= 11 is 0. The van der Waals surface area contributed by atoms with E-state index in [0.717, 1.165) is 16.5 Å². The smallest absolute Gasteiger partial charge is 0.341 e. The molecule has 0 aliphatic carbocycles. The summed E-state index contributed by atoms with van der Waals surface area (Å²) in [6, 6.07) is 14.3. The molecule has 0 bridgehead atoms. The summed E-state index contributed by atoms with van der Waals surface area (Å²) in [7, 11) is 0. The number of aromatic amines is 1. The van der Waals surface area contributed by atoms with Gasteiger partial charge in [-0.15, -0.1) is 0 Å². The van der Waals surface area contributed by atoms with Crippen molar-refractivity contribution in [3.05, 3.63) is 83.3 Å². The summed E-state index contributed by atoms with van der Waals surface area (Å²) in [5.74, 6) is -1.21. The summed E-state index contributed by atoms with van der Waals surface area (Å²) < 4.78 is 6.62. The first kappa shape index (κ1) is 21.8. The van der Waals surface area contributed by atoms with Gasteiger partial charge in [-0.25, -0.2) is 9.48 Å². The molecule has 2 heterocycles. The minimum absolute atomic E-state index is 0.130. The number of nitrogens with zero attached hydrogens (tertiary/aromatic N) is 2. The Labute approximate surface area is 189 Å². The molecule has 0 atom stereocenters. The zero-order valence-electron chi connectivity index (χ0n) is 18.2. The van der Waals surface area contributed by atoms with Crippen molar-refractivity contribution in [2.24, 2.45) is 0 Å². The molecule has 3 N–H and O–H groups in total. The number of fused-ring (bicyclic) bond motifs is 1. The van der Waals surface area contributed by atoms with Gasteiger partial charge < -0.3 is 9.72 Å². The van der Waals surface area contributed by atoms with Crippen LogP contribution in [0.1, 0.15) is 38.9 Å². The van der Waals surface area contributed by atoms with Gasteiger partial charge in [-0.05, 0) is 49.7 Å². The van der Waals surface area contributed by atoms with Gasteiger partial charge >= 0.3 is 5.97 Å². The first-order valence-electron chi connectivity index (χ1n) is 10.4. The molecule has 0 saturated heterocycles. The molecule has 0 aliphatic heterocycles. The van der Waals surface area contributed by atoms with Crippen LogP contribution < -0.4 is 10.9 Å². The number of hydrogen-bond acceptors (Lipinski definition) is 5. The van der Waals surface area contributed by atoms with Crippen LogP contribution in [0.4, 0.5) is 0 Å². The molecule has 0 unspecified atom stereocenters. The van der Waals surface area contributed by atoms with Crippen LogP contribution in [-0.2, 0) is 16.0 Å². The normalized spacial score (nSPS) is 10.7. The van der Waals surface area contributed by atoms with E-state index in [1.807, 2.05) is 24.3 Å². The number of rotatable bonds is 6. The van der Waals surface area contributed by atoms with Gasteiger partial charge in [-0.3, -0.25) is 20.4 Å². The van der Waals surface area contributed by atoms with Crippen molar-refractivity contribution in [1.82, 2.24) is 25.6 Å². The molecule has 2 aromatic heterocycles. The maximum Gasteiger partial charge on any atom is 0.341 e. The van der Waals surface area contributed by atoms with E-state index in [0.29, 0.717) is 22.5 Å². The lowest BCUT2D eigenvalue weighted by Gasteiger charge is -2.09. The van der Waals surface area contributed by atoms with Crippen LogP contribution in [0.2, 0.25) is 0 Å². The topological polar surface area (TPSA) is 118 Å². The molecule has 4 rings (SSSR count). The summed E-state index contributed by atoms with van der Waals surface area (Å²) in [6.45, 7) is 3.79. The summed E-state index contributed by atoms with van der Waals surface area (Å²) in [6.07, 6.45) is 3.37. The van der Waals surface area contributed by atoms with E-state index in [9.17, 15) is 14.4 Å². The van der Waals surface area contributed by atoms with Gasteiger partial charge in [0.15, 0.2) is 0 Å². The molecule has 4 aromatic rings. The Bertz CT molecular complexity index is 1320. The van der Waals surface area contributed by atoms with Crippen LogP contribution >= 0.6 is 0 Å². The Balaban J connectivity index is 1.37. The highest BCUT2D eigenvalue weighted by atomic mass is 16.5. The quantitative estimate of drug-likeness (QED) is 0.312. The second-order valence-corrected chi connectivity index (χ2v) is 7.36. The van der Waals surface area contributed by atoms with E-state index in [4.69, 9.17) is 4.74 Å². The predicted molar refractivity (Wildman–Crippen MR) is 122 cm³/mol. The van der Waals surface area contributed by atoms with Gasteiger partial charge in [0.2, 0.25) is 5.91 Å². The molecule has 0 spiro atoms. The Hall–Kier alpha value is -4.40. The van der Waals surface area contributed by atoms with Crippen molar-refractivity contribution < 1.29 is 19.1 Å². The van der Waals surface area contributed by atoms with Crippen LogP contribution in [0.15, 0.2) is 60.9 Å². The number of amides is 2. The van der Waals surface area contributed by atoms with Crippen molar-refractivity contribution >= 4 is 28.7 Å². The minimum Gasteiger partial charge on any atom is -0.462 e.